The van der Waals surface area contributed by atoms with Crippen LogP contribution in [0.15, 0.2) is 0 Å². The van der Waals surface area contributed by atoms with Crippen molar-refractivity contribution in [2.24, 2.45) is 5.41 Å². The van der Waals surface area contributed by atoms with Crippen molar-refractivity contribution in [3.8, 4) is 0 Å². The van der Waals surface area contributed by atoms with Gasteiger partial charge >= 0.3 is 6.18 Å². The van der Waals surface area contributed by atoms with Gasteiger partial charge in [-0.3, -0.25) is 14.5 Å². The summed E-state index contributed by atoms with van der Waals surface area (Å²) in [7, 11) is 0. The molecule has 0 bridgehead atoms. The third-order valence-corrected chi connectivity index (χ3v) is 5.45. The molecule has 1 aliphatic heterocycles. The fourth-order valence-electron chi connectivity index (χ4n) is 4.21. The number of ketones is 1. The van der Waals surface area contributed by atoms with Crippen LogP contribution in [0.5, 0.6) is 0 Å². The minimum absolute atomic E-state index is 0.0505. The number of fused-ring (bicyclic) bond motifs is 1. The number of rotatable bonds is 3. The van der Waals surface area contributed by atoms with Crippen molar-refractivity contribution in [1.82, 2.24) is 15.2 Å². The van der Waals surface area contributed by atoms with Gasteiger partial charge in [0, 0.05) is 36.8 Å². The Kier molecular flexibility index (Phi) is 5.14. The first-order chi connectivity index (χ1) is 12.5. The first kappa shape index (κ1) is 19.9. The molecule has 0 spiro atoms. The summed E-state index contributed by atoms with van der Waals surface area (Å²) in [6.07, 6.45) is -2.08. The largest absolute Gasteiger partial charge is 0.401 e. The van der Waals surface area contributed by atoms with E-state index in [1.807, 2.05) is 13.8 Å². The highest BCUT2D eigenvalue weighted by atomic mass is 19.4. The number of hydrogen-bond acceptors (Lipinski definition) is 3. The number of likely N-dealkylation sites (tertiary alicyclic amines) is 1. The Morgan fingerprint density at radius 2 is 1.89 bits per heavy atom. The quantitative estimate of drug-likeness (QED) is 0.840. The Bertz CT molecular complexity index is 744. The lowest BCUT2D eigenvalue weighted by Crippen LogP contribution is -2.47. The van der Waals surface area contributed by atoms with E-state index in [1.165, 1.54) is 4.90 Å². The molecule has 0 atom stereocenters. The van der Waals surface area contributed by atoms with E-state index >= 15 is 0 Å². The topological polar surface area (TPSA) is 65.2 Å². The second-order valence-electron chi connectivity index (χ2n) is 8.56. The maximum Gasteiger partial charge on any atom is 0.401 e. The fourth-order valence-corrected chi connectivity index (χ4v) is 4.21. The van der Waals surface area contributed by atoms with E-state index in [0.29, 0.717) is 55.6 Å². The molecule has 1 saturated heterocycles. The zero-order valence-electron chi connectivity index (χ0n) is 15.9. The van der Waals surface area contributed by atoms with Gasteiger partial charge in [0.25, 0.3) is 5.91 Å². The first-order valence-electron chi connectivity index (χ1n) is 9.30. The molecule has 1 amide bonds. The third kappa shape index (κ3) is 4.54. The average Bonchev–Trinajstić information content (AvgIpc) is 2.83. The predicted molar refractivity (Wildman–Crippen MR) is 94.9 cm³/mol. The van der Waals surface area contributed by atoms with Crippen molar-refractivity contribution < 1.29 is 22.8 Å². The smallest absolute Gasteiger partial charge is 0.354 e. The lowest BCUT2D eigenvalue weighted by molar-refractivity contribution is -0.148. The van der Waals surface area contributed by atoms with Crippen LogP contribution in [0.3, 0.4) is 0 Å². The van der Waals surface area contributed by atoms with E-state index in [-0.39, 0.29) is 23.1 Å². The highest BCUT2D eigenvalue weighted by Crippen LogP contribution is 2.36. The number of H-pyrrole nitrogens is 1. The Balaban J connectivity index is 1.64. The lowest BCUT2D eigenvalue weighted by Gasteiger charge is -2.32. The monoisotopic (exact) mass is 385 g/mol. The second-order valence-corrected chi connectivity index (χ2v) is 8.56. The third-order valence-electron chi connectivity index (χ3n) is 5.45. The van der Waals surface area contributed by atoms with Crippen LogP contribution < -0.4 is 5.32 Å². The van der Waals surface area contributed by atoms with Gasteiger partial charge in [-0.15, -0.1) is 0 Å². The number of nitrogens with zero attached hydrogens (tertiary/aromatic N) is 1. The molecule has 1 aromatic rings. The summed E-state index contributed by atoms with van der Waals surface area (Å²) in [6.45, 7) is 5.52. The molecule has 150 valence electrons. The minimum atomic E-state index is -4.20. The highest BCUT2D eigenvalue weighted by Gasteiger charge is 2.36. The molecular weight excluding hydrogens is 359 g/mol. The molecule has 0 aromatic carbocycles. The van der Waals surface area contributed by atoms with E-state index in [1.54, 1.807) is 6.92 Å². The molecule has 1 fully saturated rings. The number of hydrogen-bond donors (Lipinski definition) is 2. The molecule has 2 aliphatic rings. The minimum Gasteiger partial charge on any atom is -0.354 e. The number of aromatic nitrogens is 1. The predicted octanol–water partition coefficient (Wildman–Crippen LogP) is 3.23. The Hall–Kier alpha value is -1.83. The SMILES string of the molecule is Cc1c(C(=O)NC2CCN(CC(F)(F)F)CC2)[nH]c2c1C(=O)CC(C)(C)C2. The number of aromatic amines is 1. The van der Waals surface area contributed by atoms with Crippen LogP contribution in [0.4, 0.5) is 13.2 Å². The molecule has 1 aromatic heterocycles. The van der Waals surface area contributed by atoms with Crippen LogP contribution in [0.2, 0.25) is 0 Å². The molecule has 0 unspecified atom stereocenters. The number of alkyl halides is 3. The van der Waals surface area contributed by atoms with Crippen molar-refractivity contribution in [1.29, 1.82) is 0 Å². The summed E-state index contributed by atoms with van der Waals surface area (Å²) in [5.41, 5.74) is 2.35. The van der Waals surface area contributed by atoms with Crippen LogP contribution in [0.25, 0.3) is 0 Å². The zero-order valence-corrected chi connectivity index (χ0v) is 15.9. The van der Waals surface area contributed by atoms with Gasteiger partial charge in [-0.1, -0.05) is 13.8 Å². The Labute approximate surface area is 156 Å². The van der Waals surface area contributed by atoms with Gasteiger partial charge in [-0.2, -0.15) is 13.2 Å². The summed E-state index contributed by atoms with van der Waals surface area (Å²) in [5, 5.41) is 2.91. The highest BCUT2D eigenvalue weighted by molar-refractivity contribution is 6.04. The number of amides is 1. The standard InChI is InChI=1S/C19H26F3N3O2/c1-11-15-13(8-18(2,3)9-14(15)26)24-16(11)17(27)23-12-4-6-25(7-5-12)10-19(20,21)22/h12,24H,4-10H2,1-3H3,(H,23,27). The maximum absolute atomic E-state index is 12.7. The van der Waals surface area contributed by atoms with Gasteiger partial charge in [0.15, 0.2) is 5.78 Å². The summed E-state index contributed by atoms with van der Waals surface area (Å²) < 4.78 is 37.4. The van der Waals surface area contributed by atoms with Crippen molar-refractivity contribution >= 4 is 11.7 Å². The molecule has 0 radical (unpaired) electrons. The van der Waals surface area contributed by atoms with Crippen molar-refractivity contribution in [2.75, 3.05) is 19.6 Å². The lowest BCUT2D eigenvalue weighted by atomic mass is 9.75. The molecule has 0 saturated carbocycles. The summed E-state index contributed by atoms with van der Waals surface area (Å²) in [4.78, 5) is 29.6. The molecule has 2 N–H and O–H groups in total. The van der Waals surface area contributed by atoms with Crippen molar-refractivity contribution in [3.05, 3.63) is 22.5 Å². The molecule has 8 heteroatoms. The van der Waals surface area contributed by atoms with E-state index in [2.05, 4.69) is 10.3 Å². The Morgan fingerprint density at radius 3 is 2.48 bits per heavy atom. The summed E-state index contributed by atoms with van der Waals surface area (Å²) in [5.74, 6) is -0.240. The van der Waals surface area contributed by atoms with Gasteiger partial charge in [0.2, 0.25) is 0 Å². The molecule has 1 aliphatic carbocycles. The van der Waals surface area contributed by atoms with E-state index in [9.17, 15) is 22.8 Å². The number of nitrogens with one attached hydrogen (secondary N) is 2. The van der Waals surface area contributed by atoms with E-state index in [4.69, 9.17) is 0 Å². The van der Waals surface area contributed by atoms with Gasteiger partial charge in [0.05, 0.1) is 6.54 Å². The number of Topliss-reactive ketones (excluding diaryl/α,β-unsaturated/α-hetero) is 1. The van der Waals surface area contributed by atoms with Crippen LogP contribution in [0.1, 0.15) is 65.2 Å². The maximum atomic E-state index is 12.7. The number of carbonyl (C=O) groups is 2. The van der Waals surface area contributed by atoms with Gasteiger partial charge in [-0.05, 0) is 37.2 Å². The number of piperidine rings is 1. The van der Waals surface area contributed by atoms with Crippen LogP contribution >= 0.6 is 0 Å². The van der Waals surface area contributed by atoms with Crippen molar-refractivity contribution in [3.63, 3.8) is 0 Å². The molecule has 5 nitrogen and oxygen atoms in total. The van der Waals surface area contributed by atoms with Gasteiger partial charge < -0.3 is 10.3 Å². The molecule has 2 heterocycles. The normalized spacial score (nSPS) is 21.2. The fraction of sp³-hybridized carbons (Fsp3) is 0.684. The number of halogens is 3. The second kappa shape index (κ2) is 6.96. The van der Waals surface area contributed by atoms with Crippen LogP contribution in [-0.4, -0.2) is 53.4 Å². The van der Waals surface area contributed by atoms with E-state index < -0.39 is 12.7 Å². The van der Waals surface area contributed by atoms with Crippen molar-refractivity contribution in [2.45, 2.75) is 58.7 Å². The van der Waals surface area contributed by atoms with E-state index in [0.717, 1.165) is 5.69 Å². The first-order valence-corrected chi connectivity index (χ1v) is 9.30. The van der Waals surface area contributed by atoms with Crippen LogP contribution in [-0.2, 0) is 6.42 Å². The zero-order chi connectivity index (χ0) is 20.0. The molecule has 3 rings (SSSR count). The summed E-state index contributed by atoms with van der Waals surface area (Å²) in [6, 6.07) is -0.158. The average molecular weight is 385 g/mol. The molecule has 27 heavy (non-hydrogen) atoms. The van der Waals surface area contributed by atoms with Gasteiger partial charge in [-0.25, -0.2) is 0 Å². The molecular formula is C19H26F3N3O2. The van der Waals surface area contributed by atoms with Crippen LogP contribution in [0, 0.1) is 12.3 Å². The Morgan fingerprint density at radius 1 is 1.26 bits per heavy atom. The van der Waals surface area contributed by atoms with Gasteiger partial charge in [0.1, 0.15) is 5.69 Å². The number of carbonyl (C=O) groups excluding carboxylic acids is 2. The summed E-state index contributed by atoms with van der Waals surface area (Å²) >= 11 is 0.